The molecule has 1 aliphatic rings. The lowest BCUT2D eigenvalue weighted by atomic mass is 10.2. The topological polar surface area (TPSA) is 73.5 Å². The minimum absolute atomic E-state index is 0.177. The second kappa shape index (κ2) is 6.44. The van der Waals surface area contributed by atoms with Crippen LogP contribution in [-0.4, -0.2) is 48.9 Å². The molecule has 2 amide bonds. The molecule has 0 bridgehead atoms. The van der Waals surface area contributed by atoms with E-state index in [-0.39, 0.29) is 11.8 Å². The Morgan fingerprint density at radius 2 is 2.19 bits per heavy atom. The van der Waals surface area contributed by atoms with Crippen molar-refractivity contribution in [2.24, 2.45) is 0 Å². The molecule has 1 unspecified atom stereocenters. The van der Waals surface area contributed by atoms with E-state index in [4.69, 9.17) is 0 Å². The molecule has 3 N–H and O–H groups in total. The summed E-state index contributed by atoms with van der Waals surface area (Å²) >= 11 is 0. The summed E-state index contributed by atoms with van der Waals surface area (Å²) in [6.07, 6.45) is 1.07. The van der Waals surface area contributed by atoms with E-state index in [1.165, 1.54) is 6.92 Å². The number of nitrogens with zero attached hydrogens (tertiary/aromatic N) is 1. The maximum absolute atomic E-state index is 11.5. The van der Waals surface area contributed by atoms with Gasteiger partial charge in [-0.3, -0.25) is 25.3 Å². The number of amides is 2. The fourth-order valence-electron chi connectivity index (χ4n) is 1.83. The van der Waals surface area contributed by atoms with Gasteiger partial charge < -0.3 is 5.32 Å². The first-order chi connectivity index (χ1) is 7.63. The summed E-state index contributed by atoms with van der Waals surface area (Å²) in [5.74, 6) is -0.442. The van der Waals surface area contributed by atoms with Crippen molar-refractivity contribution in [3.63, 3.8) is 0 Å². The van der Waals surface area contributed by atoms with E-state index in [1.54, 1.807) is 0 Å². The number of rotatable bonds is 4. The molecule has 6 nitrogen and oxygen atoms in total. The highest BCUT2D eigenvalue weighted by atomic mass is 16.2. The van der Waals surface area contributed by atoms with Gasteiger partial charge in [0, 0.05) is 19.5 Å². The van der Waals surface area contributed by atoms with Crippen LogP contribution in [0.2, 0.25) is 0 Å². The summed E-state index contributed by atoms with van der Waals surface area (Å²) in [5, 5.41) is 3.27. The Bertz CT molecular complexity index is 251. The van der Waals surface area contributed by atoms with Gasteiger partial charge in [-0.2, -0.15) is 0 Å². The van der Waals surface area contributed by atoms with Crippen molar-refractivity contribution in [3.8, 4) is 0 Å². The van der Waals surface area contributed by atoms with Crippen molar-refractivity contribution in [1.82, 2.24) is 21.1 Å². The molecule has 0 aromatic heterocycles. The molecule has 0 aliphatic carbocycles. The van der Waals surface area contributed by atoms with Crippen LogP contribution in [0.1, 0.15) is 20.3 Å². The van der Waals surface area contributed by atoms with E-state index in [2.05, 4.69) is 21.1 Å². The average Bonchev–Trinajstić information content (AvgIpc) is 2.76. The molecule has 1 heterocycles. The van der Waals surface area contributed by atoms with Gasteiger partial charge in [-0.25, -0.2) is 0 Å². The fraction of sp³-hybridized carbons (Fsp3) is 0.800. The zero-order valence-electron chi connectivity index (χ0n) is 9.88. The molecule has 0 spiro atoms. The van der Waals surface area contributed by atoms with Gasteiger partial charge in [0.05, 0.1) is 6.54 Å². The monoisotopic (exact) mass is 228 g/mol. The Kier molecular flexibility index (Phi) is 5.21. The van der Waals surface area contributed by atoms with Crippen LogP contribution >= 0.6 is 0 Å². The van der Waals surface area contributed by atoms with Gasteiger partial charge in [-0.1, -0.05) is 6.92 Å². The summed E-state index contributed by atoms with van der Waals surface area (Å²) < 4.78 is 0. The van der Waals surface area contributed by atoms with Gasteiger partial charge in [0.15, 0.2) is 0 Å². The number of carbonyl (C=O) groups is 2. The molecule has 0 saturated carbocycles. The molecule has 1 atom stereocenters. The first kappa shape index (κ1) is 12.9. The molecular weight excluding hydrogens is 208 g/mol. The second-order valence-corrected chi connectivity index (χ2v) is 3.94. The van der Waals surface area contributed by atoms with E-state index >= 15 is 0 Å². The van der Waals surface area contributed by atoms with Gasteiger partial charge in [0.25, 0.3) is 5.91 Å². The maximum atomic E-state index is 11.5. The van der Waals surface area contributed by atoms with Crippen molar-refractivity contribution in [2.75, 3.05) is 26.2 Å². The minimum atomic E-state index is -0.265. The number of likely N-dealkylation sites (N-methyl/N-ethyl adjacent to an activating group) is 1. The molecule has 16 heavy (non-hydrogen) atoms. The number of hydrazine groups is 1. The van der Waals surface area contributed by atoms with E-state index < -0.39 is 0 Å². The predicted molar refractivity (Wildman–Crippen MR) is 60.5 cm³/mol. The number of hydrogen-bond donors (Lipinski definition) is 3. The third-order valence-corrected chi connectivity index (χ3v) is 2.68. The second-order valence-electron chi connectivity index (χ2n) is 3.94. The SMILES string of the molecule is CCN(CC(=O)NNC(C)=O)C1CCNC1. The Labute approximate surface area is 95.7 Å². The summed E-state index contributed by atoms with van der Waals surface area (Å²) in [4.78, 5) is 24.2. The lowest BCUT2D eigenvalue weighted by Crippen LogP contribution is -2.48. The van der Waals surface area contributed by atoms with Gasteiger partial charge in [0.1, 0.15) is 0 Å². The molecule has 0 aromatic carbocycles. The lowest BCUT2D eigenvalue weighted by Gasteiger charge is -2.25. The summed E-state index contributed by atoms with van der Waals surface area (Å²) in [5.41, 5.74) is 4.65. The van der Waals surface area contributed by atoms with E-state index in [0.717, 1.165) is 26.1 Å². The Morgan fingerprint density at radius 1 is 1.44 bits per heavy atom. The van der Waals surface area contributed by atoms with Gasteiger partial charge >= 0.3 is 0 Å². The maximum Gasteiger partial charge on any atom is 0.252 e. The Balaban J connectivity index is 2.31. The first-order valence-corrected chi connectivity index (χ1v) is 5.63. The van der Waals surface area contributed by atoms with Crippen LogP contribution in [0.15, 0.2) is 0 Å². The van der Waals surface area contributed by atoms with Crippen LogP contribution < -0.4 is 16.2 Å². The average molecular weight is 228 g/mol. The molecule has 1 saturated heterocycles. The van der Waals surface area contributed by atoms with Gasteiger partial charge in [-0.15, -0.1) is 0 Å². The molecule has 92 valence electrons. The molecule has 1 fully saturated rings. The summed E-state index contributed by atoms with van der Waals surface area (Å²) in [6, 6.07) is 0.424. The van der Waals surface area contributed by atoms with E-state index in [9.17, 15) is 9.59 Å². The summed E-state index contributed by atoms with van der Waals surface area (Å²) in [6.45, 7) is 6.49. The van der Waals surface area contributed by atoms with Crippen LogP contribution in [0.25, 0.3) is 0 Å². The van der Waals surface area contributed by atoms with E-state index in [0.29, 0.717) is 12.6 Å². The van der Waals surface area contributed by atoms with Crippen LogP contribution in [0, 0.1) is 0 Å². The van der Waals surface area contributed by atoms with E-state index in [1.807, 2.05) is 6.92 Å². The molecule has 6 heteroatoms. The summed E-state index contributed by atoms with van der Waals surface area (Å²) in [7, 11) is 0. The van der Waals surface area contributed by atoms with Crippen LogP contribution in [-0.2, 0) is 9.59 Å². The zero-order valence-corrected chi connectivity index (χ0v) is 9.88. The number of hydrogen-bond acceptors (Lipinski definition) is 4. The normalized spacial score (nSPS) is 19.8. The molecule has 0 aromatic rings. The third-order valence-electron chi connectivity index (χ3n) is 2.68. The van der Waals surface area contributed by atoms with Crippen LogP contribution in [0.5, 0.6) is 0 Å². The van der Waals surface area contributed by atoms with Crippen LogP contribution in [0.3, 0.4) is 0 Å². The largest absolute Gasteiger partial charge is 0.315 e. The highest BCUT2D eigenvalue weighted by molar-refractivity contribution is 5.81. The molecule has 0 radical (unpaired) electrons. The smallest absolute Gasteiger partial charge is 0.252 e. The van der Waals surface area contributed by atoms with Crippen molar-refractivity contribution < 1.29 is 9.59 Å². The fourth-order valence-corrected chi connectivity index (χ4v) is 1.83. The molecule has 1 aliphatic heterocycles. The standard InChI is InChI=1S/C10H20N4O2/c1-3-14(9-4-5-11-6-9)7-10(16)13-12-8(2)15/h9,11H,3-7H2,1-2H3,(H,12,15)(H,13,16). The van der Waals surface area contributed by atoms with Crippen LogP contribution in [0.4, 0.5) is 0 Å². The minimum Gasteiger partial charge on any atom is -0.315 e. The molecule has 1 rings (SSSR count). The quantitative estimate of drug-likeness (QED) is 0.531. The van der Waals surface area contributed by atoms with Gasteiger partial charge in [0.2, 0.25) is 5.91 Å². The Hall–Kier alpha value is -1.14. The molecular formula is C10H20N4O2. The zero-order chi connectivity index (χ0) is 12.0. The first-order valence-electron chi connectivity index (χ1n) is 5.63. The van der Waals surface area contributed by atoms with Crippen molar-refractivity contribution in [2.45, 2.75) is 26.3 Å². The van der Waals surface area contributed by atoms with Crippen molar-refractivity contribution >= 4 is 11.8 Å². The highest BCUT2D eigenvalue weighted by Gasteiger charge is 2.22. The van der Waals surface area contributed by atoms with Crippen molar-refractivity contribution in [1.29, 1.82) is 0 Å². The highest BCUT2D eigenvalue weighted by Crippen LogP contribution is 2.07. The lowest BCUT2D eigenvalue weighted by molar-refractivity contribution is -0.128. The predicted octanol–water partition coefficient (Wildman–Crippen LogP) is -1.16. The van der Waals surface area contributed by atoms with Crippen molar-refractivity contribution in [3.05, 3.63) is 0 Å². The third kappa shape index (κ3) is 4.16. The Morgan fingerprint density at radius 3 is 2.69 bits per heavy atom. The number of carbonyl (C=O) groups excluding carboxylic acids is 2. The van der Waals surface area contributed by atoms with Gasteiger partial charge in [-0.05, 0) is 19.5 Å². The number of nitrogens with one attached hydrogen (secondary N) is 3.